The third-order valence-corrected chi connectivity index (χ3v) is 1.79. The van der Waals surface area contributed by atoms with Crippen LogP contribution in [0.4, 0.5) is 5.82 Å². The summed E-state index contributed by atoms with van der Waals surface area (Å²) in [5, 5.41) is 8.50. The van der Waals surface area contributed by atoms with Crippen molar-refractivity contribution in [3.05, 3.63) is 16.1 Å². The Morgan fingerprint density at radius 2 is 2.36 bits per heavy atom. The molecule has 0 amide bonds. The lowest BCUT2D eigenvalue weighted by atomic mass is 10.0. The van der Waals surface area contributed by atoms with Crippen molar-refractivity contribution in [2.24, 2.45) is 0 Å². The molecule has 11 heavy (non-hydrogen) atoms. The SMILES string of the molecule is [B]c1nc(N)c(C#N)cc1Br. The summed E-state index contributed by atoms with van der Waals surface area (Å²) in [5.74, 6) is 0.160. The fourth-order valence-electron chi connectivity index (χ4n) is 0.608. The predicted octanol–water partition coefficient (Wildman–Crippen LogP) is 0.0918. The summed E-state index contributed by atoms with van der Waals surface area (Å²) in [6, 6.07) is 3.43. The number of nitrogen functional groups attached to an aromatic ring is 1. The van der Waals surface area contributed by atoms with Crippen molar-refractivity contribution in [3.8, 4) is 6.07 Å². The molecule has 3 nitrogen and oxygen atoms in total. The van der Waals surface area contributed by atoms with Gasteiger partial charge < -0.3 is 5.73 Å². The van der Waals surface area contributed by atoms with E-state index in [1.807, 2.05) is 6.07 Å². The van der Waals surface area contributed by atoms with E-state index in [4.69, 9.17) is 18.8 Å². The largest absolute Gasteiger partial charge is 0.383 e. The zero-order chi connectivity index (χ0) is 8.43. The van der Waals surface area contributed by atoms with Crippen molar-refractivity contribution < 1.29 is 0 Å². The first-order valence-corrected chi connectivity index (χ1v) is 3.56. The molecule has 0 aliphatic heterocycles. The smallest absolute Gasteiger partial charge is 0.143 e. The standard InChI is InChI=1S/C6H3BBrN3/c7-5-4(8)1-3(2-9)6(10)11-5/h1H,(H2,10,11). The van der Waals surface area contributed by atoms with Crippen LogP contribution in [0, 0.1) is 11.3 Å². The fourth-order valence-corrected chi connectivity index (χ4v) is 0.925. The van der Waals surface area contributed by atoms with E-state index in [0.29, 0.717) is 15.6 Å². The molecular weight excluding hydrogens is 205 g/mol. The van der Waals surface area contributed by atoms with Gasteiger partial charge in [-0.15, -0.1) is 0 Å². The molecule has 5 heteroatoms. The molecule has 1 rings (SSSR count). The van der Waals surface area contributed by atoms with E-state index in [9.17, 15) is 0 Å². The first kappa shape index (κ1) is 8.09. The van der Waals surface area contributed by atoms with Crippen molar-refractivity contribution >= 4 is 35.2 Å². The van der Waals surface area contributed by atoms with Gasteiger partial charge in [-0.3, -0.25) is 0 Å². The molecule has 0 spiro atoms. The Balaban J connectivity index is 3.35. The minimum atomic E-state index is 0.160. The second-order valence-electron chi connectivity index (χ2n) is 1.90. The Kier molecular flexibility index (Phi) is 2.15. The quantitative estimate of drug-likeness (QED) is 0.614. The second-order valence-corrected chi connectivity index (χ2v) is 2.75. The minimum absolute atomic E-state index is 0.160. The molecular formula is C6H3BBrN3. The number of nitriles is 1. The van der Waals surface area contributed by atoms with Gasteiger partial charge in [0, 0.05) is 10.1 Å². The average molecular weight is 208 g/mol. The number of halogens is 1. The molecule has 52 valence electrons. The first-order chi connectivity index (χ1) is 5.15. The lowest BCUT2D eigenvalue weighted by Crippen LogP contribution is -2.13. The zero-order valence-corrected chi connectivity index (χ0v) is 7.09. The highest BCUT2D eigenvalue weighted by Crippen LogP contribution is 2.11. The van der Waals surface area contributed by atoms with Crippen LogP contribution in [0.2, 0.25) is 0 Å². The summed E-state index contributed by atoms with van der Waals surface area (Å²) >= 11 is 3.13. The number of aromatic nitrogens is 1. The van der Waals surface area contributed by atoms with E-state index in [1.54, 1.807) is 0 Å². The molecule has 1 aromatic rings. The summed E-state index contributed by atoms with van der Waals surface area (Å²) in [4.78, 5) is 3.73. The maximum Gasteiger partial charge on any atom is 0.143 e. The molecule has 1 aromatic heterocycles. The topological polar surface area (TPSA) is 62.7 Å². The van der Waals surface area contributed by atoms with E-state index < -0.39 is 0 Å². The van der Waals surface area contributed by atoms with Crippen molar-refractivity contribution in [1.82, 2.24) is 4.98 Å². The van der Waals surface area contributed by atoms with Crippen LogP contribution in [-0.4, -0.2) is 12.8 Å². The van der Waals surface area contributed by atoms with Gasteiger partial charge in [-0.25, -0.2) is 4.98 Å². The Morgan fingerprint density at radius 3 is 2.91 bits per heavy atom. The number of nitrogens with zero attached hydrogens (tertiary/aromatic N) is 2. The van der Waals surface area contributed by atoms with Gasteiger partial charge in [0.1, 0.15) is 19.7 Å². The molecule has 1 heterocycles. The highest BCUT2D eigenvalue weighted by Gasteiger charge is 2.02. The van der Waals surface area contributed by atoms with E-state index in [1.165, 1.54) is 6.07 Å². The van der Waals surface area contributed by atoms with Crippen LogP contribution in [0.5, 0.6) is 0 Å². The van der Waals surface area contributed by atoms with Gasteiger partial charge in [-0.2, -0.15) is 5.26 Å². The molecule has 0 aliphatic carbocycles. The summed E-state index contributed by atoms with van der Waals surface area (Å²) in [7, 11) is 5.40. The molecule has 0 unspecified atom stereocenters. The number of anilines is 1. The number of hydrogen-bond acceptors (Lipinski definition) is 3. The molecule has 0 saturated heterocycles. The van der Waals surface area contributed by atoms with Crippen molar-refractivity contribution in [3.63, 3.8) is 0 Å². The molecule has 2 N–H and O–H groups in total. The molecule has 2 radical (unpaired) electrons. The van der Waals surface area contributed by atoms with Gasteiger partial charge in [0.05, 0.1) is 5.56 Å². The maximum atomic E-state index is 8.50. The summed E-state index contributed by atoms with van der Waals surface area (Å²) in [5.41, 5.74) is 5.98. The Morgan fingerprint density at radius 1 is 1.73 bits per heavy atom. The van der Waals surface area contributed by atoms with E-state index >= 15 is 0 Å². The number of nitrogens with two attached hydrogens (primary N) is 1. The van der Waals surface area contributed by atoms with E-state index in [-0.39, 0.29) is 5.82 Å². The third kappa shape index (κ3) is 1.52. The first-order valence-electron chi connectivity index (χ1n) is 2.76. The lowest BCUT2D eigenvalue weighted by molar-refractivity contribution is 1.34. The van der Waals surface area contributed by atoms with Gasteiger partial charge in [0.2, 0.25) is 0 Å². The summed E-state index contributed by atoms with van der Waals surface area (Å²) < 4.78 is 0.586. The van der Waals surface area contributed by atoms with Crippen LogP contribution in [0.1, 0.15) is 5.56 Å². The summed E-state index contributed by atoms with van der Waals surface area (Å²) in [6.07, 6.45) is 0. The number of pyridine rings is 1. The van der Waals surface area contributed by atoms with E-state index in [2.05, 4.69) is 20.9 Å². The third-order valence-electron chi connectivity index (χ3n) is 1.15. The lowest BCUT2D eigenvalue weighted by Gasteiger charge is -2.00. The predicted molar refractivity (Wildman–Crippen MR) is 46.5 cm³/mol. The van der Waals surface area contributed by atoms with Gasteiger partial charge >= 0.3 is 0 Å². The maximum absolute atomic E-state index is 8.50. The number of hydrogen-bond donors (Lipinski definition) is 1. The Hall–Kier alpha value is -1.02. The van der Waals surface area contributed by atoms with Gasteiger partial charge in [-0.1, -0.05) is 0 Å². The van der Waals surface area contributed by atoms with Gasteiger partial charge in [0.15, 0.2) is 0 Å². The van der Waals surface area contributed by atoms with Crippen LogP contribution in [0.25, 0.3) is 0 Å². The minimum Gasteiger partial charge on any atom is -0.383 e. The molecule has 0 bridgehead atoms. The monoisotopic (exact) mass is 207 g/mol. The van der Waals surface area contributed by atoms with Crippen LogP contribution in [-0.2, 0) is 0 Å². The van der Waals surface area contributed by atoms with Gasteiger partial charge in [-0.05, 0) is 22.0 Å². The molecule has 0 aliphatic rings. The zero-order valence-electron chi connectivity index (χ0n) is 5.50. The highest BCUT2D eigenvalue weighted by molar-refractivity contribution is 9.10. The molecule has 0 aromatic carbocycles. The number of rotatable bonds is 0. The van der Waals surface area contributed by atoms with Crippen LogP contribution < -0.4 is 11.3 Å². The van der Waals surface area contributed by atoms with Crippen LogP contribution in [0.15, 0.2) is 10.5 Å². The second kappa shape index (κ2) is 2.93. The molecule has 0 atom stereocenters. The Bertz CT molecular complexity index is 331. The average Bonchev–Trinajstić information content (AvgIpc) is 1.97. The van der Waals surface area contributed by atoms with Crippen molar-refractivity contribution in [2.45, 2.75) is 0 Å². The van der Waals surface area contributed by atoms with Gasteiger partial charge in [0.25, 0.3) is 0 Å². The Labute approximate surface area is 73.8 Å². The molecule has 0 fully saturated rings. The summed E-state index contributed by atoms with van der Waals surface area (Å²) in [6.45, 7) is 0. The van der Waals surface area contributed by atoms with Crippen LogP contribution >= 0.6 is 15.9 Å². The normalized spacial score (nSPS) is 9.09. The fraction of sp³-hybridized carbons (Fsp3) is 0. The highest BCUT2D eigenvalue weighted by atomic mass is 79.9. The molecule has 0 saturated carbocycles. The van der Waals surface area contributed by atoms with Crippen molar-refractivity contribution in [2.75, 3.05) is 5.73 Å². The van der Waals surface area contributed by atoms with E-state index in [0.717, 1.165) is 0 Å². The van der Waals surface area contributed by atoms with Crippen molar-refractivity contribution in [1.29, 1.82) is 5.26 Å². The van der Waals surface area contributed by atoms with Crippen LogP contribution in [0.3, 0.4) is 0 Å².